The van der Waals surface area contributed by atoms with Crippen LogP contribution in [-0.2, 0) is 13.0 Å². The van der Waals surface area contributed by atoms with Gasteiger partial charge in [-0.2, -0.15) is 9.74 Å². The zero-order chi connectivity index (χ0) is 22.6. The summed E-state index contributed by atoms with van der Waals surface area (Å²) in [5, 5.41) is 12.9. The van der Waals surface area contributed by atoms with Gasteiger partial charge in [-0.05, 0) is 31.2 Å². The summed E-state index contributed by atoms with van der Waals surface area (Å²) < 4.78 is 0.0449. The Kier molecular flexibility index (Phi) is 7.79. The summed E-state index contributed by atoms with van der Waals surface area (Å²) >= 11 is 6.37. The molecule has 33 heavy (non-hydrogen) atoms. The number of nitriles is 1. The third kappa shape index (κ3) is 4.89. The summed E-state index contributed by atoms with van der Waals surface area (Å²) in [6.07, 6.45) is 4.61. The Morgan fingerprint density at radius 3 is 2.64 bits per heavy atom. The number of halogens is 2. The Hall–Kier alpha value is -3.29. The molecule has 1 saturated heterocycles. The molecule has 3 aromatic rings. The Labute approximate surface area is 204 Å². The van der Waals surface area contributed by atoms with E-state index in [1.807, 2.05) is 30.3 Å². The van der Waals surface area contributed by atoms with Crippen LogP contribution in [0.3, 0.4) is 0 Å². The van der Waals surface area contributed by atoms with Crippen molar-refractivity contribution in [1.29, 1.82) is 5.26 Å². The third-order valence-corrected chi connectivity index (χ3v) is 6.18. The highest BCUT2D eigenvalue weighted by Gasteiger charge is 2.57. The Morgan fingerprint density at radius 1 is 1.21 bits per heavy atom. The van der Waals surface area contributed by atoms with Crippen LogP contribution in [0.2, 0.25) is 5.02 Å². The average Bonchev–Trinajstić information content (AvgIpc) is 3.41. The fraction of sp³-hybridized carbons (Fsp3) is 0.240. The molecule has 0 spiro atoms. The van der Waals surface area contributed by atoms with Gasteiger partial charge in [-0.1, -0.05) is 29.8 Å². The van der Waals surface area contributed by atoms with Crippen molar-refractivity contribution in [2.24, 2.45) is 0 Å². The van der Waals surface area contributed by atoms with Crippen molar-refractivity contribution in [3.63, 3.8) is 0 Å². The van der Waals surface area contributed by atoms with Gasteiger partial charge in [0, 0.05) is 35.5 Å². The van der Waals surface area contributed by atoms with Crippen LogP contribution in [0.1, 0.15) is 30.3 Å². The molecular weight excluding hydrogens is 457 g/mol. The van der Waals surface area contributed by atoms with Gasteiger partial charge in [-0.3, -0.25) is 5.32 Å². The molecule has 3 unspecified atom stereocenters. The van der Waals surface area contributed by atoms with Crippen LogP contribution >= 0.6 is 24.0 Å². The molecule has 2 heterocycles. The molecule has 6 nitrogen and oxygen atoms in total. The van der Waals surface area contributed by atoms with Gasteiger partial charge in [-0.25, -0.2) is 9.78 Å². The van der Waals surface area contributed by atoms with Crippen molar-refractivity contribution < 1.29 is 4.79 Å². The second-order valence-corrected chi connectivity index (χ2v) is 8.25. The number of carbonyl (C=O) groups excluding carboxylic acids is 1. The van der Waals surface area contributed by atoms with Gasteiger partial charge in [-0.15, -0.1) is 24.2 Å². The van der Waals surface area contributed by atoms with E-state index in [2.05, 4.69) is 33.2 Å². The molecule has 168 valence electrons. The number of nitrogens with zero attached hydrogens (tertiary/aromatic N) is 3. The molecule has 8 heteroatoms. The first kappa shape index (κ1) is 24.4. The lowest BCUT2D eigenvalue weighted by Gasteiger charge is -2.36. The van der Waals surface area contributed by atoms with Crippen molar-refractivity contribution in [1.82, 2.24) is 19.8 Å². The molecular formula is C25H24Cl2N5O+. The van der Waals surface area contributed by atoms with E-state index in [-0.39, 0.29) is 35.0 Å². The maximum Gasteiger partial charge on any atom is 0.422 e. The molecule has 1 aromatic heterocycles. The van der Waals surface area contributed by atoms with Gasteiger partial charge < -0.3 is 4.98 Å². The lowest BCUT2D eigenvalue weighted by atomic mass is 9.97. The van der Waals surface area contributed by atoms with E-state index in [1.165, 1.54) is 0 Å². The van der Waals surface area contributed by atoms with E-state index < -0.39 is 0 Å². The number of amides is 2. The number of nitrogens with one attached hydrogen (secondary N) is 2. The fourth-order valence-electron chi connectivity index (χ4n) is 4.42. The number of carbonyl (C=O) groups is 1. The number of hydrogen-bond acceptors (Lipinski definition) is 3. The average molecular weight is 481 g/mol. The zero-order valence-electron chi connectivity index (χ0n) is 18.1. The molecule has 2 N–H and O–H groups in total. The van der Waals surface area contributed by atoms with E-state index in [4.69, 9.17) is 16.9 Å². The highest BCUT2D eigenvalue weighted by molar-refractivity contribution is 6.30. The number of aromatic amines is 1. The van der Waals surface area contributed by atoms with E-state index in [1.54, 1.807) is 37.5 Å². The summed E-state index contributed by atoms with van der Waals surface area (Å²) in [5.41, 5.74) is 2.34. The second kappa shape index (κ2) is 10.6. The summed E-state index contributed by atoms with van der Waals surface area (Å²) in [6, 6.07) is 16.6. The maximum atomic E-state index is 13.7. The molecule has 0 radical (unpaired) electrons. The molecule has 0 bridgehead atoms. The Bertz CT molecular complexity index is 1210. The summed E-state index contributed by atoms with van der Waals surface area (Å²) in [4.78, 5) is 21.3. The third-order valence-electron chi connectivity index (χ3n) is 5.94. The summed E-state index contributed by atoms with van der Waals surface area (Å²) in [5.74, 6) is 6.89. The Morgan fingerprint density at radius 2 is 2.00 bits per heavy atom. The quantitative estimate of drug-likeness (QED) is 0.385. The van der Waals surface area contributed by atoms with Gasteiger partial charge in [0.2, 0.25) is 0 Å². The molecule has 4 rings (SSSR count). The predicted molar refractivity (Wildman–Crippen MR) is 132 cm³/mol. The van der Waals surface area contributed by atoms with Gasteiger partial charge in [0.1, 0.15) is 24.1 Å². The minimum atomic E-state index is -0.163. The van der Waals surface area contributed by atoms with Crippen LogP contribution in [-0.4, -0.2) is 28.1 Å². The van der Waals surface area contributed by atoms with E-state index in [0.29, 0.717) is 30.0 Å². The number of rotatable bonds is 6. The molecule has 0 aliphatic carbocycles. The lowest BCUT2D eigenvalue weighted by Crippen LogP contribution is -2.58. The van der Waals surface area contributed by atoms with Crippen LogP contribution in [0, 0.1) is 23.2 Å². The molecule has 1 fully saturated rings. The predicted octanol–water partition coefficient (Wildman–Crippen LogP) is 4.98. The van der Waals surface area contributed by atoms with E-state index in [9.17, 15) is 4.79 Å². The van der Waals surface area contributed by atoms with Crippen molar-refractivity contribution >= 4 is 35.7 Å². The van der Waals surface area contributed by atoms with E-state index in [0.717, 1.165) is 17.1 Å². The highest BCUT2D eigenvalue weighted by atomic mass is 35.5. The van der Waals surface area contributed by atoms with Crippen LogP contribution in [0.25, 0.3) is 0 Å². The molecule has 3 atom stereocenters. The number of hydrogen-bond donors (Lipinski definition) is 2. The summed E-state index contributed by atoms with van der Waals surface area (Å²) in [6.45, 7) is 2.22. The Balaban J connectivity index is 0.00000306. The number of aromatic nitrogens is 2. The molecule has 1 aliphatic heterocycles. The zero-order valence-corrected chi connectivity index (χ0v) is 19.7. The first-order valence-electron chi connectivity index (χ1n) is 10.4. The van der Waals surface area contributed by atoms with Crippen LogP contribution in [0.4, 0.5) is 10.5 Å². The van der Waals surface area contributed by atoms with Crippen LogP contribution in [0.15, 0.2) is 60.9 Å². The maximum absolute atomic E-state index is 13.7. The van der Waals surface area contributed by atoms with Gasteiger partial charge >= 0.3 is 6.03 Å². The molecule has 1 aliphatic rings. The largest absolute Gasteiger partial charge is 0.422 e. The standard InChI is InChI=1S/C25H22ClN5O.ClH/c1-2-3-7-22-23(15-24-28-12-13-29-24)31(25(32)30-22,21-6-4-5-20(26)14-21)17-19-10-8-18(16-27)9-11-19;/h4-6,8-14,22-23H,7,15,17H2,1H3,(H-,28,29,30,32);1H/p+1. The SMILES string of the molecule is CC#CCC1NC(=O)[N+](Cc2ccc(C#N)cc2)(c2cccc(Cl)c2)C1Cc1ncc[nH]1.Cl. The van der Waals surface area contributed by atoms with Crippen molar-refractivity contribution in [3.8, 4) is 17.9 Å². The topological polar surface area (TPSA) is 81.6 Å². The van der Waals surface area contributed by atoms with Gasteiger partial charge in [0.05, 0.1) is 24.1 Å². The first-order chi connectivity index (χ1) is 15.6. The van der Waals surface area contributed by atoms with Crippen molar-refractivity contribution in [3.05, 3.63) is 82.9 Å². The van der Waals surface area contributed by atoms with Crippen molar-refractivity contribution in [2.45, 2.75) is 38.4 Å². The second-order valence-electron chi connectivity index (χ2n) is 7.81. The minimum Gasteiger partial charge on any atom is -0.348 e. The molecule has 2 amide bonds. The van der Waals surface area contributed by atoms with Crippen molar-refractivity contribution in [2.75, 3.05) is 0 Å². The fourth-order valence-corrected chi connectivity index (χ4v) is 4.60. The number of imidazole rings is 1. The molecule has 0 saturated carbocycles. The smallest absolute Gasteiger partial charge is 0.348 e. The monoisotopic (exact) mass is 480 g/mol. The van der Waals surface area contributed by atoms with Crippen LogP contribution in [0.5, 0.6) is 0 Å². The van der Waals surface area contributed by atoms with Crippen LogP contribution < -0.4 is 9.80 Å². The van der Waals surface area contributed by atoms with E-state index >= 15 is 0 Å². The van der Waals surface area contributed by atoms with Gasteiger partial charge in [0.25, 0.3) is 0 Å². The molecule has 2 aromatic carbocycles. The number of quaternary nitrogens is 1. The first-order valence-corrected chi connectivity index (χ1v) is 10.8. The summed E-state index contributed by atoms with van der Waals surface area (Å²) in [7, 11) is 0. The minimum absolute atomic E-state index is 0. The van der Waals surface area contributed by atoms with Gasteiger partial charge in [0.15, 0.2) is 0 Å². The number of urea groups is 1. The number of H-pyrrole nitrogens is 1. The lowest BCUT2D eigenvalue weighted by molar-refractivity contribution is 0.197. The highest BCUT2D eigenvalue weighted by Crippen LogP contribution is 2.38. The normalized spacial score (nSPS) is 21.3. The number of benzene rings is 2.